The minimum Gasteiger partial charge on any atom is -0.726 e. The van der Waals surface area contributed by atoms with Gasteiger partial charge in [0.1, 0.15) is 4.47 Å². The van der Waals surface area contributed by atoms with Gasteiger partial charge in [0.25, 0.3) is 0 Å². The molecule has 1 N–H and O–H groups in total. The lowest BCUT2D eigenvalue weighted by Gasteiger charge is -1.88. The molecule has 0 heterocycles. The quantitative estimate of drug-likeness (QED) is 0.435. The summed E-state index contributed by atoms with van der Waals surface area (Å²) in [5.41, 5.74) is 0.523. The number of nitrogens with zero attached hydrogens (tertiary/aromatic N) is 2. The smallest absolute Gasteiger partial charge is 0.400 e. The molecule has 0 aromatic heterocycles. The van der Waals surface area contributed by atoms with Crippen molar-refractivity contribution in [3.63, 3.8) is 0 Å². The van der Waals surface area contributed by atoms with Crippen LogP contribution in [0.2, 0.25) is 0 Å². The molecule has 0 amide bonds. The molecule has 1 rings (SSSR count). The molecular formula is C6H4Br2N2O4S. The van der Waals surface area contributed by atoms with Gasteiger partial charge in [-0.2, -0.15) is 0 Å². The number of diazo groups is 1. The van der Waals surface area contributed by atoms with Crippen molar-refractivity contribution in [1.29, 1.82) is 5.39 Å². The summed E-state index contributed by atoms with van der Waals surface area (Å²) in [7, 11) is -4.92. The van der Waals surface area contributed by atoms with E-state index in [2.05, 4.69) is 36.8 Å². The van der Waals surface area contributed by atoms with Crippen molar-refractivity contribution in [3.8, 4) is 0 Å². The first kappa shape index (κ1) is 14.5. The van der Waals surface area contributed by atoms with E-state index in [1.54, 1.807) is 12.1 Å². The zero-order valence-electron chi connectivity index (χ0n) is 6.96. The van der Waals surface area contributed by atoms with E-state index >= 15 is 0 Å². The molecule has 0 aliphatic rings. The molecule has 0 saturated heterocycles. The van der Waals surface area contributed by atoms with Crippen LogP contribution in [0.25, 0.3) is 4.98 Å². The van der Waals surface area contributed by atoms with E-state index in [-0.39, 0.29) is 0 Å². The molecule has 0 bridgehead atoms. The van der Waals surface area contributed by atoms with Crippen molar-refractivity contribution in [3.05, 3.63) is 32.1 Å². The van der Waals surface area contributed by atoms with Crippen molar-refractivity contribution in [2.75, 3.05) is 0 Å². The van der Waals surface area contributed by atoms with Crippen LogP contribution >= 0.6 is 31.9 Å². The van der Waals surface area contributed by atoms with Crippen molar-refractivity contribution in [1.82, 2.24) is 0 Å². The summed E-state index contributed by atoms with van der Waals surface area (Å²) in [5, 5.41) is 8.42. The maximum Gasteiger partial charge on any atom is 0.400 e. The highest BCUT2D eigenvalue weighted by Gasteiger charge is 2.09. The van der Waals surface area contributed by atoms with Crippen LogP contribution in [0, 0.1) is 5.39 Å². The largest absolute Gasteiger partial charge is 0.726 e. The molecule has 0 atom stereocenters. The summed E-state index contributed by atoms with van der Waals surface area (Å²) < 4.78 is 34.5. The third-order valence-corrected chi connectivity index (χ3v) is 2.18. The van der Waals surface area contributed by atoms with Crippen LogP contribution in [0.4, 0.5) is 5.69 Å². The van der Waals surface area contributed by atoms with Gasteiger partial charge in [0.05, 0.1) is 0 Å². The van der Waals surface area contributed by atoms with Crippen LogP contribution < -0.4 is 0 Å². The first-order valence-corrected chi connectivity index (χ1v) is 6.17. The molecule has 0 saturated carbocycles. The molecular weight excluding hydrogens is 356 g/mol. The molecule has 1 aromatic carbocycles. The summed E-state index contributed by atoms with van der Waals surface area (Å²) in [6.45, 7) is 0. The average molecular weight is 360 g/mol. The molecule has 1 aromatic rings. The van der Waals surface area contributed by atoms with Gasteiger partial charge in [0.2, 0.25) is 15.8 Å². The highest BCUT2D eigenvalue weighted by molar-refractivity contribution is 9.11. The van der Waals surface area contributed by atoms with Gasteiger partial charge < -0.3 is 4.55 Å². The maximum atomic E-state index is 8.63. The van der Waals surface area contributed by atoms with Gasteiger partial charge in [0, 0.05) is 10.5 Å². The Morgan fingerprint density at radius 2 is 1.87 bits per heavy atom. The number of halogens is 2. The summed E-state index contributed by atoms with van der Waals surface area (Å²) in [4.78, 5) is 3.05. The van der Waals surface area contributed by atoms with Crippen molar-refractivity contribution < 1.29 is 17.5 Å². The second kappa shape index (κ2) is 6.14. The zero-order valence-corrected chi connectivity index (χ0v) is 11.0. The minimum atomic E-state index is -4.92. The summed E-state index contributed by atoms with van der Waals surface area (Å²) in [6.07, 6.45) is 0. The number of hydrogen-bond donors (Lipinski definition) is 1. The second-order valence-corrected chi connectivity index (χ2v) is 4.75. The fraction of sp³-hybridized carbons (Fsp3) is 0. The second-order valence-electron chi connectivity index (χ2n) is 2.12. The van der Waals surface area contributed by atoms with E-state index in [1.807, 2.05) is 6.07 Å². The van der Waals surface area contributed by atoms with E-state index in [1.165, 1.54) is 0 Å². The molecule has 0 fully saturated rings. The van der Waals surface area contributed by atoms with Gasteiger partial charge in [-0.25, -0.2) is 8.42 Å². The predicted octanol–water partition coefficient (Wildman–Crippen LogP) is 2.70. The Kier molecular flexibility index (Phi) is 5.92. The van der Waals surface area contributed by atoms with Crippen LogP contribution in [0.5, 0.6) is 0 Å². The Hall–Kier alpha value is -0.530. The monoisotopic (exact) mass is 358 g/mol. The lowest BCUT2D eigenvalue weighted by atomic mass is 10.3. The highest BCUT2D eigenvalue weighted by atomic mass is 79.9. The van der Waals surface area contributed by atoms with Gasteiger partial charge in [-0.1, -0.05) is 15.9 Å². The first-order chi connectivity index (χ1) is 6.74. The van der Waals surface area contributed by atoms with E-state index < -0.39 is 10.4 Å². The third kappa shape index (κ3) is 8.46. The van der Waals surface area contributed by atoms with Crippen LogP contribution in [0.15, 0.2) is 27.1 Å². The van der Waals surface area contributed by atoms with E-state index in [9.17, 15) is 0 Å². The number of benzene rings is 1. The third-order valence-electron chi connectivity index (χ3n) is 1.02. The fourth-order valence-corrected chi connectivity index (χ4v) is 1.24. The Morgan fingerprint density at radius 3 is 2.20 bits per heavy atom. The Morgan fingerprint density at radius 1 is 1.40 bits per heavy atom. The molecule has 0 radical (unpaired) electrons. The van der Waals surface area contributed by atoms with Crippen molar-refractivity contribution in [2.45, 2.75) is 0 Å². The Balaban J connectivity index is 0.000000336. The molecule has 0 aliphatic heterocycles. The molecule has 0 aliphatic carbocycles. The van der Waals surface area contributed by atoms with E-state index in [0.717, 1.165) is 8.95 Å². The number of hydrogen-bond acceptors (Lipinski definition) is 4. The zero-order chi connectivity index (χ0) is 12.1. The lowest BCUT2D eigenvalue weighted by Crippen LogP contribution is -1.90. The fourth-order valence-electron chi connectivity index (χ4n) is 0.562. The molecule has 6 nitrogen and oxygen atoms in total. The maximum absolute atomic E-state index is 8.63. The van der Waals surface area contributed by atoms with Crippen LogP contribution in [0.1, 0.15) is 0 Å². The number of rotatable bonds is 0. The van der Waals surface area contributed by atoms with Gasteiger partial charge in [-0.3, -0.25) is 4.55 Å². The first-order valence-electron chi connectivity index (χ1n) is 3.22. The van der Waals surface area contributed by atoms with Gasteiger partial charge in [-0.05, 0) is 28.1 Å². The van der Waals surface area contributed by atoms with Crippen molar-refractivity contribution in [2.24, 2.45) is 0 Å². The van der Waals surface area contributed by atoms with E-state index in [4.69, 9.17) is 22.9 Å². The van der Waals surface area contributed by atoms with Gasteiger partial charge in [-0.15, -0.1) is 0 Å². The molecule has 9 heteroatoms. The predicted molar refractivity (Wildman–Crippen MR) is 58.9 cm³/mol. The van der Waals surface area contributed by atoms with E-state index in [0.29, 0.717) is 5.69 Å². The molecule has 0 unspecified atom stereocenters. The lowest BCUT2D eigenvalue weighted by molar-refractivity contribution is 0.366. The standard InChI is InChI=1S/C6H3Br2N2.H2O4S/c7-4-1-2-5(8)6(3-4)10-9;1-5(2,3)4/h1-3H;(H2,1,2,3,4)/q+1;/p-1. The average Bonchev–Trinajstić information content (AvgIpc) is 2.06. The molecule has 82 valence electrons. The van der Waals surface area contributed by atoms with Crippen molar-refractivity contribution >= 4 is 47.9 Å². The highest BCUT2D eigenvalue weighted by Crippen LogP contribution is 2.28. The summed E-state index contributed by atoms with van der Waals surface area (Å²) >= 11 is 6.46. The van der Waals surface area contributed by atoms with Gasteiger partial charge >= 0.3 is 5.69 Å². The Bertz CT molecular complexity index is 474. The molecule has 15 heavy (non-hydrogen) atoms. The summed E-state index contributed by atoms with van der Waals surface area (Å²) in [6, 6.07) is 5.38. The van der Waals surface area contributed by atoms with Crippen LogP contribution in [-0.4, -0.2) is 17.5 Å². The summed E-state index contributed by atoms with van der Waals surface area (Å²) in [5.74, 6) is 0. The Labute approximate surface area is 103 Å². The topological polar surface area (TPSA) is 106 Å². The SMILES string of the molecule is N#[N+]c1cc(Br)ccc1Br.O=S(=O)([O-])O. The van der Waals surface area contributed by atoms with Gasteiger partial charge in [0.15, 0.2) is 4.98 Å². The minimum absolute atomic E-state index is 0.523. The van der Waals surface area contributed by atoms with Crippen LogP contribution in [0.3, 0.4) is 0 Å². The normalized spacial score (nSPS) is 9.80. The van der Waals surface area contributed by atoms with Crippen LogP contribution in [-0.2, 0) is 10.4 Å². The molecule has 0 spiro atoms.